The molecular formula is C11H21NO. The van der Waals surface area contributed by atoms with E-state index in [4.69, 9.17) is 0 Å². The largest absolute Gasteiger partial charge is 0.388 e. The lowest BCUT2D eigenvalue weighted by molar-refractivity contribution is 0.00519. The Bertz CT molecular complexity index is 179. The van der Waals surface area contributed by atoms with Gasteiger partial charge in [-0.1, -0.05) is 19.8 Å². The van der Waals surface area contributed by atoms with Crippen molar-refractivity contribution < 1.29 is 5.11 Å². The molecule has 2 aliphatic carbocycles. The number of nitrogens with one attached hydrogen (secondary N) is 1. The molecule has 2 atom stereocenters. The topological polar surface area (TPSA) is 32.3 Å². The number of hydrogen-bond donors (Lipinski definition) is 2. The molecule has 0 bridgehead atoms. The van der Waals surface area contributed by atoms with Crippen molar-refractivity contribution in [3.63, 3.8) is 0 Å². The van der Waals surface area contributed by atoms with Gasteiger partial charge in [0.15, 0.2) is 0 Å². The fourth-order valence-corrected chi connectivity index (χ4v) is 2.43. The van der Waals surface area contributed by atoms with E-state index in [1.54, 1.807) is 0 Å². The van der Waals surface area contributed by atoms with Gasteiger partial charge in [-0.3, -0.25) is 0 Å². The van der Waals surface area contributed by atoms with E-state index in [0.29, 0.717) is 12.0 Å². The fraction of sp³-hybridized carbons (Fsp3) is 1.00. The maximum atomic E-state index is 10.3. The Balaban J connectivity index is 1.78. The third-order valence-electron chi connectivity index (χ3n) is 3.97. The Kier molecular flexibility index (Phi) is 2.61. The molecule has 2 fully saturated rings. The molecule has 0 aliphatic heterocycles. The highest BCUT2D eigenvalue weighted by atomic mass is 16.3. The van der Waals surface area contributed by atoms with Gasteiger partial charge in [-0.05, 0) is 31.6 Å². The summed E-state index contributed by atoms with van der Waals surface area (Å²) in [5, 5.41) is 13.7. The second-order valence-corrected chi connectivity index (χ2v) is 4.91. The highest BCUT2D eigenvalue weighted by Crippen LogP contribution is 2.35. The molecule has 0 amide bonds. The Morgan fingerprint density at radius 3 is 2.54 bits per heavy atom. The van der Waals surface area contributed by atoms with Crippen LogP contribution in [-0.4, -0.2) is 23.3 Å². The summed E-state index contributed by atoms with van der Waals surface area (Å²) < 4.78 is 0. The van der Waals surface area contributed by atoms with Crippen LogP contribution in [0.2, 0.25) is 0 Å². The van der Waals surface area contributed by atoms with E-state index in [-0.39, 0.29) is 0 Å². The monoisotopic (exact) mass is 183 g/mol. The summed E-state index contributed by atoms with van der Waals surface area (Å²) in [5.74, 6) is 0.486. The van der Waals surface area contributed by atoms with Gasteiger partial charge in [-0.2, -0.15) is 0 Å². The van der Waals surface area contributed by atoms with E-state index in [1.165, 1.54) is 32.1 Å². The molecule has 0 aromatic rings. The molecule has 0 heterocycles. The van der Waals surface area contributed by atoms with E-state index in [9.17, 15) is 5.11 Å². The van der Waals surface area contributed by atoms with Crippen LogP contribution in [0, 0.1) is 5.92 Å². The summed E-state index contributed by atoms with van der Waals surface area (Å²) in [6.45, 7) is 2.99. The third-order valence-corrected chi connectivity index (χ3v) is 3.97. The molecule has 2 heteroatoms. The summed E-state index contributed by atoms with van der Waals surface area (Å²) in [6, 6.07) is 0.705. The highest BCUT2D eigenvalue weighted by molar-refractivity contribution is 4.93. The minimum atomic E-state index is -0.393. The Morgan fingerprint density at radius 2 is 2.08 bits per heavy atom. The Labute approximate surface area is 80.7 Å². The van der Waals surface area contributed by atoms with Crippen molar-refractivity contribution in [1.29, 1.82) is 0 Å². The zero-order valence-electron chi connectivity index (χ0n) is 8.55. The van der Waals surface area contributed by atoms with Gasteiger partial charge in [0.25, 0.3) is 0 Å². The first kappa shape index (κ1) is 9.47. The zero-order valence-corrected chi connectivity index (χ0v) is 8.55. The maximum Gasteiger partial charge on any atom is 0.0797 e. The van der Waals surface area contributed by atoms with E-state index in [2.05, 4.69) is 12.2 Å². The van der Waals surface area contributed by atoms with E-state index >= 15 is 0 Å². The van der Waals surface area contributed by atoms with Crippen molar-refractivity contribution in [3.05, 3.63) is 0 Å². The molecule has 2 N–H and O–H groups in total. The van der Waals surface area contributed by atoms with Crippen LogP contribution in [-0.2, 0) is 0 Å². The highest BCUT2D eigenvalue weighted by Gasteiger charge is 2.38. The summed E-state index contributed by atoms with van der Waals surface area (Å²) in [7, 11) is 0. The molecule has 2 aliphatic rings. The summed E-state index contributed by atoms with van der Waals surface area (Å²) in [6.07, 6.45) is 7.38. The Hall–Kier alpha value is -0.0800. The Morgan fingerprint density at radius 1 is 1.31 bits per heavy atom. The van der Waals surface area contributed by atoms with Gasteiger partial charge in [-0.25, -0.2) is 0 Å². The van der Waals surface area contributed by atoms with Gasteiger partial charge in [-0.15, -0.1) is 0 Å². The number of hydrogen-bond acceptors (Lipinski definition) is 2. The van der Waals surface area contributed by atoms with Crippen LogP contribution >= 0.6 is 0 Å². The molecule has 13 heavy (non-hydrogen) atoms. The molecule has 2 saturated carbocycles. The predicted octanol–water partition coefficient (Wildman–Crippen LogP) is 1.68. The zero-order chi connectivity index (χ0) is 9.31. The molecule has 0 aromatic heterocycles. The standard InChI is InChI=1S/C11H21NO/c1-9-4-3-7-11(9,13)8-12-10-5-2-6-10/h9-10,12-13H,2-8H2,1H3. The van der Waals surface area contributed by atoms with Gasteiger partial charge in [0, 0.05) is 12.6 Å². The molecular weight excluding hydrogens is 162 g/mol. The minimum absolute atomic E-state index is 0.393. The first-order valence-corrected chi connectivity index (χ1v) is 5.66. The lowest BCUT2D eigenvalue weighted by Crippen LogP contribution is -2.48. The van der Waals surface area contributed by atoms with E-state index in [0.717, 1.165) is 13.0 Å². The number of aliphatic hydroxyl groups is 1. The molecule has 0 spiro atoms. The van der Waals surface area contributed by atoms with Crippen molar-refractivity contribution >= 4 is 0 Å². The van der Waals surface area contributed by atoms with Crippen LogP contribution in [0.4, 0.5) is 0 Å². The quantitative estimate of drug-likeness (QED) is 0.697. The van der Waals surface area contributed by atoms with Crippen LogP contribution in [0.5, 0.6) is 0 Å². The van der Waals surface area contributed by atoms with E-state index < -0.39 is 5.60 Å². The average molecular weight is 183 g/mol. The van der Waals surface area contributed by atoms with Crippen molar-refractivity contribution in [2.24, 2.45) is 5.92 Å². The van der Waals surface area contributed by atoms with Gasteiger partial charge in [0.05, 0.1) is 5.60 Å². The van der Waals surface area contributed by atoms with Crippen molar-refractivity contribution in [1.82, 2.24) is 5.32 Å². The van der Waals surface area contributed by atoms with Gasteiger partial charge < -0.3 is 10.4 Å². The summed E-state index contributed by atoms with van der Waals surface area (Å²) in [5.41, 5.74) is -0.393. The van der Waals surface area contributed by atoms with Gasteiger partial charge >= 0.3 is 0 Å². The second-order valence-electron chi connectivity index (χ2n) is 4.91. The smallest absolute Gasteiger partial charge is 0.0797 e. The molecule has 2 unspecified atom stereocenters. The minimum Gasteiger partial charge on any atom is -0.388 e. The van der Waals surface area contributed by atoms with Crippen molar-refractivity contribution in [2.45, 2.75) is 57.1 Å². The van der Waals surface area contributed by atoms with Crippen LogP contribution in [0.3, 0.4) is 0 Å². The van der Waals surface area contributed by atoms with Crippen LogP contribution in [0.1, 0.15) is 45.4 Å². The molecule has 0 aromatic carbocycles. The molecule has 76 valence electrons. The normalized spacial score (nSPS) is 40.6. The average Bonchev–Trinajstić information content (AvgIpc) is 2.30. The van der Waals surface area contributed by atoms with Crippen LogP contribution in [0.25, 0.3) is 0 Å². The summed E-state index contributed by atoms with van der Waals surface area (Å²) in [4.78, 5) is 0. The molecule has 2 nitrogen and oxygen atoms in total. The second kappa shape index (κ2) is 3.58. The van der Waals surface area contributed by atoms with Crippen molar-refractivity contribution in [2.75, 3.05) is 6.54 Å². The predicted molar refractivity (Wildman–Crippen MR) is 53.6 cm³/mol. The van der Waals surface area contributed by atoms with Gasteiger partial charge in [0.2, 0.25) is 0 Å². The molecule has 0 radical (unpaired) electrons. The van der Waals surface area contributed by atoms with Crippen molar-refractivity contribution in [3.8, 4) is 0 Å². The van der Waals surface area contributed by atoms with Gasteiger partial charge in [0.1, 0.15) is 0 Å². The lowest BCUT2D eigenvalue weighted by atomic mass is 9.89. The van der Waals surface area contributed by atoms with Crippen LogP contribution < -0.4 is 5.32 Å². The molecule has 2 rings (SSSR count). The third kappa shape index (κ3) is 1.89. The lowest BCUT2D eigenvalue weighted by Gasteiger charge is -2.33. The first-order chi connectivity index (χ1) is 6.21. The fourth-order valence-electron chi connectivity index (χ4n) is 2.43. The van der Waals surface area contributed by atoms with Crippen LogP contribution in [0.15, 0.2) is 0 Å². The molecule has 0 saturated heterocycles. The SMILES string of the molecule is CC1CCCC1(O)CNC1CCC1. The summed E-state index contributed by atoms with van der Waals surface area (Å²) >= 11 is 0. The number of rotatable bonds is 3. The van der Waals surface area contributed by atoms with E-state index in [1.807, 2.05) is 0 Å². The maximum absolute atomic E-state index is 10.3. The first-order valence-electron chi connectivity index (χ1n) is 5.66.